The maximum Gasteiger partial charge on any atom is 0.337 e. The maximum atomic E-state index is 12.8. The summed E-state index contributed by atoms with van der Waals surface area (Å²) in [5.41, 5.74) is 5.79. The molecule has 2 aromatic carbocycles. The number of hydrazine groups is 1. The minimum absolute atomic E-state index is 0.139. The molecule has 11 nitrogen and oxygen atoms in total. The summed E-state index contributed by atoms with van der Waals surface area (Å²) < 4.78 is 5.14. The molecule has 2 N–H and O–H groups in total. The Morgan fingerprint density at radius 3 is 2.32 bits per heavy atom. The molecular formula is C25H24N4O7S2. The Morgan fingerprint density at radius 2 is 1.68 bits per heavy atom. The van der Waals surface area contributed by atoms with E-state index in [9.17, 15) is 29.3 Å². The lowest BCUT2D eigenvalue weighted by molar-refractivity contribution is -0.384. The van der Waals surface area contributed by atoms with Crippen LogP contribution in [0.25, 0.3) is 6.08 Å². The van der Waals surface area contributed by atoms with Crippen molar-refractivity contribution in [3.63, 3.8) is 0 Å². The Morgan fingerprint density at radius 1 is 1.03 bits per heavy atom. The molecule has 38 heavy (non-hydrogen) atoms. The summed E-state index contributed by atoms with van der Waals surface area (Å²) in [7, 11) is 1.31. The van der Waals surface area contributed by atoms with Crippen molar-refractivity contribution < 1.29 is 28.8 Å². The lowest BCUT2D eigenvalue weighted by atomic mass is 10.1. The highest BCUT2D eigenvalue weighted by atomic mass is 32.2. The standard InChI is InChI=1S/C25H24N4O7S2/c1-36-24(33)18-8-6-16(7-9-18)15-20-23(32)28(25(37)38-20)14-4-2-3-5-21(30)26-27-22(31)17-10-12-19(13-11-17)29(34)35/h6-13,15H,2-5,14H2,1H3,(H,26,30)(H,27,31)/b20-15-. The molecule has 1 saturated heterocycles. The molecule has 1 fully saturated rings. The predicted molar refractivity (Wildman–Crippen MR) is 145 cm³/mol. The number of benzene rings is 2. The van der Waals surface area contributed by atoms with E-state index >= 15 is 0 Å². The average Bonchev–Trinajstić information content (AvgIpc) is 3.18. The van der Waals surface area contributed by atoms with Crippen molar-refractivity contribution in [3.05, 3.63) is 80.2 Å². The normalized spacial score (nSPS) is 13.9. The largest absolute Gasteiger partial charge is 0.465 e. The maximum absolute atomic E-state index is 12.8. The van der Waals surface area contributed by atoms with Crippen LogP contribution in [0.15, 0.2) is 53.4 Å². The van der Waals surface area contributed by atoms with Gasteiger partial charge >= 0.3 is 5.97 Å². The highest BCUT2D eigenvalue weighted by Crippen LogP contribution is 2.32. The van der Waals surface area contributed by atoms with Gasteiger partial charge in [-0.2, -0.15) is 0 Å². The van der Waals surface area contributed by atoms with Crippen molar-refractivity contribution in [1.29, 1.82) is 0 Å². The number of thiocarbonyl (C=S) groups is 1. The van der Waals surface area contributed by atoms with Crippen LogP contribution in [0.1, 0.15) is 52.0 Å². The topological polar surface area (TPSA) is 148 Å². The Bertz CT molecular complexity index is 1280. The van der Waals surface area contributed by atoms with Crippen LogP contribution >= 0.6 is 24.0 Å². The average molecular weight is 557 g/mol. The van der Waals surface area contributed by atoms with Crippen molar-refractivity contribution in [3.8, 4) is 0 Å². The van der Waals surface area contributed by atoms with Gasteiger partial charge in [0, 0.05) is 30.7 Å². The minimum Gasteiger partial charge on any atom is -0.465 e. The van der Waals surface area contributed by atoms with Crippen LogP contribution < -0.4 is 10.9 Å². The Hall–Kier alpha value is -4.10. The molecule has 198 valence electrons. The van der Waals surface area contributed by atoms with Gasteiger partial charge in [-0.05, 0) is 48.7 Å². The second-order valence-electron chi connectivity index (χ2n) is 8.06. The van der Waals surface area contributed by atoms with Crippen molar-refractivity contribution >= 4 is 63.8 Å². The molecule has 0 spiro atoms. The third-order valence-corrected chi connectivity index (χ3v) is 6.82. The van der Waals surface area contributed by atoms with E-state index in [1.807, 2.05) is 0 Å². The molecule has 1 aliphatic heterocycles. The van der Waals surface area contributed by atoms with E-state index in [0.717, 1.165) is 5.56 Å². The Balaban J connectivity index is 1.37. The van der Waals surface area contributed by atoms with Gasteiger partial charge in [0.2, 0.25) is 5.91 Å². The van der Waals surface area contributed by atoms with Gasteiger partial charge in [-0.15, -0.1) is 0 Å². The van der Waals surface area contributed by atoms with Gasteiger partial charge in [0.1, 0.15) is 4.32 Å². The van der Waals surface area contributed by atoms with Gasteiger partial charge in [0.15, 0.2) is 0 Å². The van der Waals surface area contributed by atoms with Gasteiger partial charge in [-0.25, -0.2) is 4.79 Å². The monoisotopic (exact) mass is 556 g/mol. The minimum atomic E-state index is -0.588. The molecule has 1 aliphatic rings. The van der Waals surface area contributed by atoms with E-state index < -0.39 is 16.8 Å². The lowest BCUT2D eigenvalue weighted by Crippen LogP contribution is -2.41. The number of carbonyl (C=O) groups is 4. The van der Waals surface area contributed by atoms with E-state index in [1.54, 1.807) is 30.3 Å². The van der Waals surface area contributed by atoms with Crippen LogP contribution in [0.4, 0.5) is 5.69 Å². The predicted octanol–water partition coefficient (Wildman–Crippen LogP) is 3.60. The summed E-state index contributed by atoms with van der Waals surface area (Å²) in [6, 6.07) is 11.7. The first kappa shape index (κ1) is 28.5. The van der Waals surface area contributed by atoms with Crippen molar-refractivity contribution in [1.82, 2.24) is 15.8 Å². The molecule has 0 aliphatic carbocycles. The summed E-state index contributed by atoms with van der Waals surface area (Å²) in [6.45, 7) is 0.418. The number of amides is 3. The van der Waals surface area contributed by atoms with Crippen LogP contribution in [0.3, 0.4) is 0 Å². The number of unbranched alkanes of at least 4 members (excludes halogenated alkanes) is 2. The molecule has 0 aromatic heterocycles. The molecule has 0 radical (unpaired) electrons. The number of hydrogen-bond donors (Lipinski definition) is 2. The molecule has 2 aromatic rings. The zero-order valence-corrected chi connectivity index (χ0v) is 21.9. The number of nitro benzene ring substituents is 1. The molecule has 0 atom stereocenters. The lowest BCUT2D eigenvalue weighted by Gasteiger charge is -2.14. The number of nitrogens with zero attached hydrogens (tertiary/aromatic N) is 2. The van der Waals surface area contributed by atoms with Gasteiger partial charge in [-0.3, -0.25) is 40.2 Å². The van der Waals surface area contributed by atoms with Crippen LogP contribution in [-0.4, -0.2) is 51.5 Å². The summed E-state index contributed by atoms with van der Waals surface area (Å²) in [5, 5.41) is 10.7. The molecule has 0 saturated carbocycles. The second-order valence-corrected chi connectivity index (χ2v) is 9.74. The number of non-ortho nitro benzene ring substituents is 1. The zero-order chi connectivity index (χ0) is 27.7. The van der Waals surface area contributed by atoms with Crippen LogP contribution in [-0.2, 0) is 14.3 Å². The quantitative estimate of drug-likeness (QED) is 0.112. The van der Waals surface area contributed by atoms with Gasteiger partial charge in [-0.1, -0.05) is 42.5 Å². The number of thioether (sulfide) groups is 1. The highest BCUT2D eigenvalue weighted by Gasteiger charge is 2.31. The van der Waals surface area contributed by atoms with E-state index in [1.165, 1.54) is 48.0 Å². The van der Waals surface area contributed by atoms with Gasteiger partial charge in [0.25, 0.3) is 17.5 Å². The molecular weight excluding hydrogens is 532 g/mol. The fraction of sp³-hybridized carbons (Fsp3) is 0.240. The summed E-state index contributed by atoms with van der Waals surface area (Å²) in [6.07, 6.45) is 3.72. The molecule has 1 heterocycles. The summed E-state index contributed by atoms with van der Waals surface area (Å²) in [5.74, 6) is -1.60. The number of rotatable bonds is 10. The number of methoxy groups -OCH3 is 1. The van der Waals surface area contributed by atoms with Crippen molar-refractivity contribution in [2.24, 2.45) is 0 Å². The summed E-state index contributed by atoms with van der Waals surface area (Å²) in [4.78, 5) is 60.5. The number of ether oxygens (including phenoxy) is 1. The first-order chi connectivity index (χ1) is 18.2. The summed E-state index contributed by atoms with van der Waals surface area (Å²) >= 11 is 6.56. The number of esters is 1. The number of nitrogens with one attached hydrogen (secondary N) is 2. The van der Waals surface area contributed by atoms with E-state index in [4.69, 9.17) is 12.2 Å². The van der Waals surface area contributed by atoms with E-state index in [0.29, 0.717) is 40.6 Å². The highest BCUT2D eigenvalue weighted by molar-refractivity contribution is 8.26. The van der Waals surface area contributed by atoms with E-state index in [-0.39, 0.29) is 29.5 Å². The zero-order valence-electron chi connectivity index (χ0n) is 20.3. The van der Waals surface area contributed by atoms with Gasteiger partial charge in [0.05, 0.1) is 22.5 Å². The van der Waals surface area contributed by atoms with Crippen molar-refractivity contribution in [2.75, 3.05) is 13.7 Å². The molecule has 0 unspecified atom stereocenters. The molecule has 0 bridgehead atoms. The molecule has 3 rings (SSSR count). The second kappa shape index (κ2) is 13.4. The Kier molecular flexibility index (Phi) is 10.1. The number of nitro groups is 1. The van der Waals surface area contributed by atoms with Crippen LogP contribution in [0.5, 0.6) is 0 Å². The first-order valence-electron chi connectivity index (χ1n) is 11.5. The van der Waals surface area contributed by atoms with E-state index in [2.05, 4.69) is 15.6 Å². The number of carbonyl (C=O) groups excluding carboxylic acids is 4. The first-order valence-corrected chi connectivity index (χ1v) is 12.7. The smallest absolute Gasteiger partial charge is 0.337 e. The molecule has 3 amide bonds. The fourth-order valence-corrected chi connectivity index (χ4v) is 4.71. The fourth-order valence-electron chi connectivity index (χ4n) is 3.41. The van der Waals surface area contributed by atoms with Gasteiger partial charge < -0.3 is 4.74 Å². The Labute approximate surface area is 227 Å². The van der Waals surface area contributed by atoms with Crippen LogP contribution in [0, 0.1) is 10.1 Å². The number of hydrogen-bond acceptors (Lipinski definition) is 9. The SMILES string of the molecule is COC(=O)c1ccc(/C=C2\SC(=S)N(CCCCCC(=O)NNC(=O)c3ccc([N+](=O)[O-])cc3)C2=O)cc1. The van der Waals surface area contributed by atoms with Crippen molar-refractivity contribution in [2.45, 2.75) is 25.7 Å². The third-order valence-electron chi connectivity index (χ3n) is 5.44. The third kappa shape index (κ3) is 7.70. The molecule has 13 heteroatoms. The van der Waals surface area contributed by atoms with Crippen LogP contribution in [0.2, 0.25) is 0 Å².